The number of benzene rings is 1. The molecule has 0 spiro atoms. The molecule has 1 aromatic carbocycles. The van der Waals surface area contributed by atoms with E-state index < -0.39 is 0 Å². The predicted molar refractivity (Wildman–Crippen MR) is 73.0 cm³/mol. The Morgan fingerprint density at radius 3 is 2.84 bits per heavy atom. The second-order valence-electron chi connectivity index (χ2n) is 5.09. The van der Waals surface area contributed by atoms with E-state index in [0.717, 1.165) is 23.7 Å². The Hall–Kier alpha value is -2.03. The first-order valence-electron chi connectivity index (χ1n) is 6.66. The zero-order valence-electron chi connectivity index (χ0n) is 10.6. The summed E-state index contributed by atoms with van der Waals surface area (Å²) in [7, 11) is 0. The molecular formula is C16H15NO2. The van der Waals surface area contributed by atoms with Gasteiger partial charge in [0.15, 0.2) is 5.78 Å². The van der Waals surface area contributed by atoms with E-state index in [1.54, 1.807) is 6.07 Å². The number of carbonyl (C=O) groups excluding carboxylic acids is 2. The van der Waals surface area contributed by atoms with Gasteiger partial charge < -0.3 is 0 Å². The van der Waals surface area contributed by atoms with Crippen molar-refractivity contribution in [1.29, 1.82) is 0 Å². The summed E-state index contributed by atoms with van der Waals surface area (Å²) in [5.41, 5.74) is 1.31. The number of carbonyl (C=O) groups is 2. The van der Waals surface area contributed by atoms with Gasteiger partial charge in [-0.2, -0.15) is 0 Å². The van der Waals surface area contributed by atoms with Gasteiger partial charge in [0.1, 0.15) is 11.5 Å². The van der Waals surface area contributed by atoms with Crippen molar-refractivity contribution >= 4 is 22.5 Å². The van der Waals surface area contributed by atoms with Crippen LogP contribution in [-0.2, 0) is 4.79 Å². The number of nitrogens with zero attached hydrogens (tertiary/aromatic N) is 1. The fourth-order valence-electron chi connectivity index (χ4n) is 2.66. The number of hydrogen-bond donors (Lipinski definition) is 0. The van der Waals surface area contributed by atoms with E-state index >= 15 is 0 Å². The van der Waals surface area contributed by atoms with Gasteiger partial charge in [0, 0.05) is 24.1 Å². The molecule has 2 aromatic rings. The number of pyridine rings is 1. The summed E-state index contributed by atoms with van der Waals surface area (Å²) < 4.78 is 0. The minimum Gasteiger partial charge on any atom is -0.300 e. The Bertz CT molecular complexity index is 648. The van der Waals surface area contributed by atoms with Crippen molar-refractivity contribution in [2.24, 2.45) is 5.92 Å². The van der Waals surface area contributed by atoms with Crippen molar-refractivity contribution in [3.63, 3.8) is 0 Å². The van der Waals surface area contributed by atoms with Crippen LogP contribution < -0.4 is 0 Å². The number of fused-ring (bicyclic) bond motifs is 1. The largest absolute Gasteiger partial charge is 0.300 e. The van der Waals surface area contributed by atoms with E-state index in [2.05, 4.69) is 4.98 Å². The fourth-order valence-corrected chi connectivity index (χ4v) is 2.66. The van der Waals surface area contributed by atoms with Crippen molar-refractivity contribution in [3.8, 4) is 0 Å². The molecule has 1 fully saturated rings. The van der Waals surface area contributed by atoms with Crippen LogP contribution in [-0.4, -0.2) is 16.6 Å². The van der Waals surface area contributed by atoms with Gasteiger partial charge in [-0.3, -0.25) is 9.59 Å². The standard InChI is InChI=1S/C16H15NO2/c18-13-6-3-5-12(10-13)16(19)15-9-8-11-4-1-2-7-14(11)17-15/h1-2,4,7-9,12H,3,5-6,10H2. The molecule has 1 aromatic heterocycles. The third-order valence-electron chi connectivity index (χ3n) is 3.70. The maximum Gasteiger partial charge on any atom is 0.184 e. The molecule has 3 rings (SSSR count). The molecule has 1 aliphatic carbocycles. The van der Waals surface area contributed by atoms with Gasteiger partial charge in [-0.1, -0.05) is 24.3 Å². The lowest BCUT2D eigenvalue weighted by molar-refractivity contribution is -0.121. The topological polar surface area (TPSA) is 47.0 Å². The highest BCUT2D eigenvalue weighted by Crippen LogP contribution is 2.25. The van der Waals surface area contributed by atoms with Gasteiger partial charge in [-0.25, -0.2) is 4.98 Å². The van der Waals surface area contributed by atoms with Crippen molar-refractivity contribution in [2.45, 2.75) is 25.7 Å². The average Bonchev–Trinajstić information content (AvgIpc) is 2.46. The van der Waals surface area contributed by atoms with Gasteiger partial charge >= 0.3 is 0 Å². The summed E-state index contributed by atoms with van der Waals surface area (Å²) in [4.78, 5) is 28.2. The zero-order chi connectivity index (χ0) is 13.2. The lowest BCUT2D eigenvalue weighted by Gasteiger charge is -2.19. The number of rotatable bonds is 2. The monoisotopic (exact) mass is 253 g/mol. The van der Waals surface area contributed by atoms with Crippen molar-refractivity contribution in [2.75, 3.05) is 0 Å². The molecule has 0 bridgehead atoms. The highest BCUT2D eigenvalue weighted by atomic mass is 16.1. The second kappa shape index (κ2) is 4.92. The van der Waals surface area contributed by atoms with Crippen LogP contribution in [0.5, 0.6) is 0 Å². The summed E-state index contributed by atoms with van der Waals surface area (Å²) in [6.07, 6.45) is 2.63. The molecule has 1 atom stereocenters. The predicted octanol–water partition coefficient (Wildman–Crippen LogP) is 3.18. The molecule has 0 radical (unpaired) electrons. The van der Waals surface area contributed by atoms with Gasteiger partial charge in [0.25, 0.3) is 0 Å². The quantitative estimate of drug-likeness (QED) is 0.772. The number of hydrogen-bond acceptors (Lipinski definition) is 3. The maximum atomic E-state index is 12.4. The Morgan fingerprint density at radius 2 is 2.00 bits per heavy atom. The minimum absolute atomic E-state index is 0.0128. The molecule has 0 N–H and O–H groups in total. The van der Waals surface area contributed by atoms with Crippen LogP contribution in [0.3, 0.4) is 0 Å². The molecule has 0 aliphatic heterocycles. The van der Waals surface area contributed by atoms with Gasteiger partial charge in [-0.05, 0) is 25.0 Å². The Balaban J connectivity index is 1.90. The van der Waals surface area contributed by atoms with Crippen LogP contribution in [0.4, 0.5) is 0 Å². The third-order valence-corrected chi connectivity index (χ3v) is 3.70. The van der Waals surface area contributed by atoms with Gasteiger partial charge in [0.05, 0.1) is 5.52 Å². The lowest BCUT2D eigenvalue weighted by atomic mass is 9.84. The number of ketones is 2. The van der Waals surface area contributed by atoms with E-state index in [0.29, 0.717) is 18.5 Å². The summed E-state index contributed by atoms with van der Waals surface area (Å²) >= 11 is 0. The molecule has 1 saturated carbocycles. The average molecular weight is 253 g/mol. The molecule has 19 heavy (non-hydrogen) atoms. The molecule has 0 saturated heterocycles. The Morgan fingerprint density at radius 1 is 1.16 bits per heavy atom. The van der Waals surface area contributed by atoms with Gasteiger partial charge in [0.2, 0.25) is 0 Å². The van der Waals surface area contributed by atoms with E-state index in [1.807, 2.05) is 30.3 Å². The number of aromatic nitrogens is 1. The molecule has 3 nitrogen and oxygen atoms in total. The van der Waals surface area contributed by atoms with E-state index in [1.165, 1.54) is 0 Å². The zero-order valence-corrected chi connectivity index (χ0v) is 10.6. The highest BCUT2D eigenvalue weighted by Gasteiger charge is 2.27. The third kappa shape index (κ3) is 2.41. The molecule has 1 heterocycles. The fraction of sp³-hybridized carbons (Fsp3) is 0.312. The van der Waals surface area contributed by atoms with Gasteiger partial charge in [-0.15, -0.1) is 0 Å². The second-order valence-corrected chi connectivity index (χ2v) is 5.09. The maximum absolute atomic E-state index is 12.4. The first-order valence-corrected chi connectivity index (χ1v) is 6.66. The molecule has 3 heteroatoms. The van der Waals surface area contributed by atoms with Crippen LogP contribution in [0, 0.1) is 5.92 Å². The molecule has 96 valence electrons. The smallest absolute Gasteiger partial charge is 0.184 e. The summed E-state index contributed by atoms with van der Waals surface area (Å²) in [5.74, 6) is 0.0408. The lowest BCUT2D eigenvalue weighted by Crippen LogP contribution is -2.23. The Labute approximate surface area is 111 Å². The van der Waals surface area contributed by atoms with Crippen molar-refractivity contribution < 1.29 is 9.59 Å². The molecule has 1 aliphatic rings. The SMILES string of the molecule is O=C1CCCC(C(=O)c2ccc3ccccc3n2)C1. The van der Waals surface area contributed by atoms with Crippen molar-refractivity contribution in [1.82, 2.24) is 4.98 Å². The number of para-hydroxylation sites is 1. The normalized spacial score (nSPS) is 19.6. The number of Topliss-reactive ketones (excluding diaryl/α,β-unsaturated/α-hetero) is 2. The highest BCUT2D eigenvalue weighted by molar-refractivity contribution is 6.00. The van der Waals surface area contributed by atoms with Crippen LogP contribution in [0.15, 0.2) is 36.4 Å². The van der Waals surface area contributed by atoms with Crippen LogP contribution in [0.25, 0.3) is 10.9 Å². The molecule has 1 unspecified atom stereocenters. The summed E-state index contributed by atoms with van der Waals surface area (Å²) in [6.45, 7) is 0. The minimum atomic E-state index is -0.171. The summed E-state index contributed by atoms with van der Waals surface area (Å²) in [5, 5.41) is 1.03. The van der Waals surface area contributed by atoms with E-state index in [-0.39, 0.29) is 17.5 Å². The Kier molecular flexibility index (Phi) is 3.11. The first-order chi connectivity index (χ1) is 9.24. The van der Waals surface area contributed by atoms with E-state index in [4.69, 9.17) is 0 Å². The van der Waals surface area contributed by atoms with Crippen LogP contribution >= 0.6 is 0 Å². The molecular weight excluding hydrogens is 238 g/mol. The van der Waals surface area contributed by atoms with Crippen LogP contribution in [0.2, 0.25) is 0 Å². The summed E-state index contributed by atoms with van der Waals surface area (Å²) in [6, 6.07) is 11.4. The van der Waals surface area contributed by atoms with Crippen molar-refractivity contribution in [3.05, 3.63) is 42.1 Å². The molecule has 0 amide bonds. The van der Waals surface area contributed by atoms with Crippen LogP contribution in [0.1, 0.15) is 36.2 Å². The first kappa shape index (κ1) is 12.0. The van der Waals surface area contributed by atoms with E-state index in [9.17, 15) is 9.59 Å².